The van der Waals surface area contributed by atoms with Gasteiger partial charge in [-0.2, -0.15) is 0 Å². The van der Waals surface area contributed by atoms with Crippen LogP contribution in [0.15, 0.2) is 48.5 Å². The highest BCUT2D eigenvalue weighted by Crippen LogP contribution is 2.34. The zero-order chi connectivity index (χ0) is 14.1. The van der Waals surface area contributed by atoms with E-state index in [0.29, 0.717) is 11.3 Å². The van der Waals surface area contributed by atoms with Crippen LogP contribution in [-0.4, -0.2) is 10.9 Å². The zero-order valence-electron chi connectivity index (χ0n) is 11.0. The number of aromatic nitrogens is 1. The number of fused-ring (bicyclic) bond motifs is 1. The van der Waals surface area contributed by atoms with Crippen LogP contribution in [0.1, 0.15) is 22.8 Å². The Kier molecular flexibility index (Phi) is 2.99. The average Bonchev–Trinajstić information content (AvgIpc) is 2.75. The van der Waals surface area contributed by atoms with Crippen LogP contribution >= 0.6 is 0 Å². The Morgan fingerprint density at radius 2 is 2.20 bits per heavy atom. The predicted octanol–water partition coefficient (Wildman–Crippen LogP) is 2.32. The predicted molar refractivity (Wildman–Crippen MR) is 73.4 cm³/mol. The van der Waals surface area contributed by atoms with Gasteiger partial charge >= 0.3 is 0 Å². The molecule has 0 unspecified atom stereocenters. The number of hydrogen-bond acceptors (Lipinski definition) is 3. The molecule has 0 aliphatic carbocycles. The van der Waals surface area contributed by atoms with Gasteiger partial charge in [-0.3, -0.25) is 4.79 Å². The van der Waals surface area contributed by atoms with Crippen molar-refractivity contribution in [2.75, 3.05) is 0 Å². The van der Waals surface area contributed by atoms with Gasteiger partial charge in [-0.1, -0.05) is 0 Å². The smallest absolute Gasteiger partial charge is 0.231 e. The van der Waals surface area contributed by atoms with E-state index in [9.17, 15) is 9.90 Å². The minimum atomic E-state index is -0.160. The van der Waals surface area contributed by atoms with Gasteiger partial charge in [0.1, 0.15) is 18.0 Å². The number of carbonyl (C=O) groups excluding carboxylic acids is 1. The highest BCUT2D eigenvalue weighted by atomic mass is 16.5. The molecule has 0 amide bonds. The molecule has 1 N–H and O–H groups in total. The maximum Gasteiger partial charge on any atom is 0.231 e. The first-order valence-electron chi connectivity index (χ1n) is 6.44. The summed E-state index contributed by atoms with van der Waals surface area (Å²) in [5.74, 6) is 0.605. The number of rotatable bonds is 2. The number of hydrogen-bond donors (Lipinski definition) is 1. The number of aryl methyl sites for hydroxylation is 1. The van der Waals surface area contributed by atoms with E-state index in [1.54, 1.807) is 12.1 Å². The fraction of sp³-hybridized carbons (Fsp3) is 0.125. The van der Waals surface area contributed by atoms with Gasteiger partial charge in [-0.25, -0.2) is 4.57 Å². The quantitative estimate of drug-likeness (QED) is 0.671. The van der Waals surface area contributed by atoms with Crippen molar-refractivity contribution >= 4 is 11.9 Å². The number of benzene rings is 1. The minimum Gasteiger partial charge on any atom is -0.508 e. The fourth-order valence-corrected chi connectivity index (χ4v) is 2.15. The van der Waals surface area contributed by atoms with Crippen molar-refractivity contribution in [3.63, 3.8) is 0 Å². The largest absolute Gasteiger partial charge is 0.508 e. The summed E-state index contributed by atoms with van der Waals surface area (Å²) in [6, 6.07) is 8.34. The monoisotopic (exact) mass is 268 g/mol. The van der Waals surface area contributed by atoms with Crippen LogP contribution in [-0.2, 0) is 6.54 Å². The van der Waals surface area contributed by atoms with E-state index in [2.05, 4.69) is 0 Å². The molecule has 100 valence electrons. The summed E-state index contributed by atoms with van der Waals surface area (Å²) >= 11 is 0. The Morgan fingerprint density at radius 3 is 3.00 bits per heavy atom. The second kappa shape index (κ2) is 4.81. The summed E-state index contributed by atoms with van der Waals surface area (Å²) in [4.78, 5) is 12.2. The average molecular weight is 268 g/mol. The maximum atomic E-state index is 12.2. The number of Topliss-reactive ketones (excluding diaryl/α,β-unsaturated/α-hetero) is 1. The summed E-state index contributed by atoms with van der Waals surface area (Å²) in [5, 5.41) is 9.41. The Balaban J connectivity index is 1.96. The lowest BCUT2D eigenvalue weighted by Gasteiger charge is -1.98. The Labute approximate surface area is 116 Å². The minimum absolute atomic E-state index is 0.0846. The van der Waals surface area contributed by atoms with Gasteiger partial charge in [0.05, 0.1) is 5.56 Å². The molecule has 0 saturated carbocycles. The number of pyridine rings is 1. The Morgan fingerprint density at radius 1 is 1.35 bits per heavy atom. The molecule has 2 heterocycles. The third-order valence-corrected chi connectivity index (χ3v) is 3.20. The van der Waals surface area contributed by atoms with Gasteiger partial charge < -0.3 is 9.84 Å². The molecule has 4 nitrogen and oxygen atoms in total. The summed E-state index contributed by atoms with van der Waals surface area (Å²) < 4.78 is 7.54. The first-order valence-corrected chi connectivity index (χ1v) is 6.44. The third kappa shape index (κ3) is 2.16. The zero-order valence-corrected chi connectivity index (χ0v) is 11.0. The second-order valence-corrected chi connectivity index (χ2v) is 4.59. The van der Waals surface area contributed by atoms with Gasteiger partial charge in [0.2, 0.25) is 5.78 Å². The molecule has 2 aromatic rings. The maximum absolute atomic E-state index is 12.2. The number of phenols is 1. The van der Waals surface area contributed by atoms with Crippen molar-refractivity contribution in [1.29, 1.82) is 0 Å². The van der Waals surface area contributed by atoms with Gasteiger partial charge in [-0.15, -0.1) is 0 Å². The topological polar surface area (TPSA) is 50.4 Å². The molecule has 0 atom stereocenters. The van der Waals surface area contributed by atoms with Crippen LogP contribution in [0.4, 0.5) is 0 Å². The summed E-state index contributed by atoms with van der Waals surface area (Å²) in [7, 11) is 0. The lowest BCUT2D eigenvalue weighted by atomic mass is 10.1. The van der Waals surface area contributed by atoms with E-state index < -0.39 is 0 Å². The third-order valence-electron chi connectivity index (χ3n) is 3.20. The lowest BCUT2D eigenvalue weighted by Crippen LogP contribution is -2.31. The molecule has 0 fully saturated rings. The van der Waals surface area contributed by atoms with Crippen LogP contribution in [0.25, 0.3) is 6.08 Å². The fourth-order valence-electron chi connectivity index (χ4n) is 2.15. The molecule has 20 heavy (non-hydrogen) atoms. The molecule has 0 bridgehead atoms. The van der Waals surface area contributed by atoms with Crippen LogP contribution < -0.4 is 9.30 Å². The van der Waals surface area contributed by atoms with Crippen LogP contribution in [0.3, 0.4) is 0 Å². The number of ketones is 1. The molecule has 1 aromatic carbocycles. The molecular formula is C16H14NO3+. The van der Waals surface area contributed by atoms with Gasteiger partial charge in [0, 0.05) is 17.7 Å². The first kappa shape index (κ1) is 12.4. The van der Waals surface area contributed by atoms with E-state index in [1.807, 2.05) is 36.0 Å². The number of carbonyl (C=O) groups is 1. The highest BCUT2D eigenvalue weighted by molar-refractivity contribution is 6.14. The van der Waals surface area contributed by atoms with E-state index in [1.165, 1.54) is 12.1 Å². The second-order valence-electron chi connectivity index (χ2n) is 4.59. The summed E-state index contributed by atoms with van der Waals surface area (Å²) in [5.41, 5.74) is 1.38. The van der Waals surface area contributed by atoms with Crippen molar-refractivity contribution in [3.05, 3.63) is 59.6 Å². The van der Waals surface area contributed by atoms with Crippen molar-refractivity contribution in [2.24, 2.45) is 0 Å². The van der Waals surface area contributed by atoms with E-state index in [0.717, 1.165) is 12.1 Å². The lowest BCUT2D eigenvalue weighted by molar-refractivity contribution is -0.693. The SMILES string of the molecule is CC[n+]1cccc(C=C2Oc3cc(O)ccc3C2=O)c1. The Hall–Kier alpha value is -2.62. The molecule has 3 rings (SSSR count). The van der Waals surface area contributed by atoms with Crippen LogP contribution in [0.5, 0.6) is 11.5 Å². The number of nitrogens with zero attached hydrogens (tertiary/aromatic N) is 1. The molecular weight excluding hydrogens is 254 g/mol. The first-order chi connectivity index (χ1) is 9.67. The van der Waals surface area contributed by atoms with Crippen molar-refractivity contribution in [3.8, 4) is 11.5 Å². The number of allylic oxidation sites excluding steroid dienone is 1. The number of aromatic hydroxyl groups is 1. The molecule has 1 aliphatic heterocycles. The van der Waals surface area contributed by atoms with E-state index >= 15 is 0 Å². The van der Waals surface area contributed by atoms with Crippen LogP contribution in [0.2, 0.25) is 0 Å². The van der Waals surface area contributed by atoms with Crippen LogP contribution in [0, 0.1) is 0 Å². The van der Waals surface area contributed by atoms with Gasteiger partial charge in [0.25, 0.3) is 0 Å². The van der Waals surface area contributed by atoms with Gasteiger partial charge in [0.15, 0.2) is 18.2 Å². The molecule has 0 saturated heterocycles. The summed E-state index contributed by atoms with van der Waals surface area (Å²) in [6.45, 7) is 2.91. The van der Waals surface area contributed by atoms with Gasteiger partial charge in [-0.05, 0) is 31.2 Å². The molecule has 0 spiro atoms. The molecule has 4 heteroatoms. The van der Waals surface area contributed by atoms with Crippen molar-refractivity contribution in [1.82, 2.24) is 0 Å². The molecule has 1 aliphatic rings. The van der Waals surface area contributed by atoms with Crippen molar-refractivity contribution in [2.45, 2.75) is 13.5 Å². The summed E-state index contributed by atoms with van der Waals surface area (Å²) in [6.07, 6.45) is 5.63. The number of ether oxygens (including phenoxy) is 1. The van der Waals surface area contributed by atoms with E-state index in [-0.39, 0.29) is 17.3 Å². The standard InChI is InChI=1S/C16H13NO3/c1-2-17-7-3-4-11(10-17)8-15-16(19)13-6-5-12(18)9-14(13)20-15/h3-10H,2H2,1H3/p+1. The molecule has 0 radical (unpaired) electrons. The Bertz CT molecular complexity index is 719. The number of phenolic OH excluding ortho intramolecular Hbond substituents is 1. The molecule has 1 aromatic heterocycles. The van der Waals surface area contributed by atoms with Crippen molar-refractivity contribution < 1.29 is 19.2 Å². The highest BCUT2D eigenvalue weighted by Gasteiger charge is 2.27. The normalized spacial score (nSPS) is 15.2. The van der Waals surface area contributed by atoms with E-state index in [4.69, 9.17) is 4.74 Å².